The number of hydrogen-bond acceptors (Lipinski definition) is 8. The number of allylic oxidation sites excluding steroid dienone is 4. The number of carboxylic acid groups (broad SMARTS) is 1. The predicted molar refractivity (Wildman–Crippen MR) is 222 cm³/mol. The van der Waals surface area contributed by atoms with Gasteiger partial charge < -0.3 is 25.2 Å². The lowest BCUT2D eigenvalue weighted by atomic mass is 10.0. The van der Waals surface area contributed by atoms with E-state index >= 15 is 0 Å². The molecule has 55 heavy (non-hydrogen) atoms. The molecule has 0 aromatic rings. The van der Waals surface area contributed by atoms with E-state index in [1.54, 1.807) is 0 Å². The number of carboxylic acids is 1. The summed E-state index contributed by atoms with van der Waals surface area (Å²) in [7, 11) is -4.75. The molecule has 0 aliphatic rings. The number of esters is 1. The van der Waals surface area contributed by atoms with E-state index in [4.69, 9.17) is 13.8 Å². The maximum atomic E-state index is 12.2. The van der Waals surface area contributed by atoms with Gasteiger partial charge in [-0.15, -0.1) is 0 Å². The molecule has 0 fully saturated rings. The molecule has 322 valence electrons. The topological polar surface area (TPSA) is 169 Å². The molecule has 12 heteroatoms. The smallest absolute Gasteiger partial charge is 0.472 e. The van der Waals surface area contributed by atoms with Crippen LogP contribution in [0.2, 0.25) is 0 Å². The van der Waals surface area contributed by atoms with Crippen molar-refractivity contribution < 1.29 is 47.8 Å². The summed E-state index contributed by atoms with van der Waals surface area (Å²) in [6.45, 7) is 2.51. The molecule has 0 aliphatic heterocycles. The second-order valence-corrected chi connectivity index (χ2v) is 16.3. The number of unbranched alkanes of at least 4 members (excludes halogenated alkanes) is 23. The Morgan fingerprint density at radius 3 is 1.45 bits per heavy atom. The number of carbonyl (C=O) groups excluding carboxylic acids is 2. The number of ether oxygens (including phenoxy) is 1. The zero-order valence-electron chi connectivity index (χ0n) is 34.7. The molecule has 1 amide bonds. The number of aliphatic hydroxyl groups is 1. The summed E-state index contributed by atoms with van der Waals surface area (Å²) in [6, 6.07) is -1.55. The second-order valence-electron chi connectivity index (χ2n) is 14.9. The van der Waals surface area contributed by atoms with Crippen molar-refractivity contribution in [2.45, 2.75) is 212 Å². The van der Waals surface area contributed by atoms with Crippen molar-refractivity contribution in [2.24, 2.45) is 0 Å². The highest BCUT2D eigenvalue weighted by Gasteiger charge is 2.28. The maximum Gasteiger partial charge on any atom is 0.472 e. The number of aliphatic carboxylic acids is 1. The summed E-state index contributed by atoms with van der Waals surface area (Å²) in [5.74, 6) is -2.38. The van der Waals surface area contributed by atoms with Crippen LogP contribution in [0.1, 0.15) is 200 Å². The fourth-order valence-electron chi connectivity index (χ4n) is 6.02. The molecule has 0 spiro atoms. The molecule has 0 aromatic heterocycles. The Balaban J connectivity index is 3.82. The predicted octanol–water partition coefficient (Wildman–Crippen LogP) is 11.1. The standard InChI is InChI=1S/C43H80NO10P/c1-3-5-7-9-11-13-15-16-17-18-19-20-21-22-23-24-25-27-29-31-33-35-42(47)52-36-39(45)37-53-55(50,51)54-38-40(43(48)49)44-41(46)34-32-30-28-26-14-12-10-8-6-4-2/h8,10,16-17,39-40,45H,3-7,9,11-15,18-38H2,1-2H3,(H,44,46)(H,48,49)(H,50,51)/b10-8-,17-16+. The Kier molecular flexibility index (Phi) is 37.4. The minimum Gasteiger partial charge on any atom is -0.480 e. The van der Waals surface area contributed by atoms with Gasteiger partial charge >= 0.3 is 19.8 Å². The minimum atomic E-state index is -4.75. The first-order valence-corrected chi connectivity index (χ1v) is 23.4. The molecule has 3 atom stereocenters. The normalized spacial score (nSPS) is 14.0. The monoisotopic (exact) mass is 802 g/mol. The Morgan fingerprint density at radius 2 is 0.982 bits per heavy atom. The third-order valence-corrected chi connectivity index (χ3v) is 10.4. The van der Waals surface area contributed by atoms with Crippen LogP contribution in [0.5, 0.6) is 0 Å². The van der Waals surface area contributed by atoms with Crippen LogP contribution in [0.4, 0.5) is 0 Å². The minimum absolute atomic E-state index is 0.136. The molecule has 3 unspecified atom stereocenters. The molecular weight excluding hydrogens is 721 g/mol. The van der Waals surface area contributed by atoms with Crippen molar-refractivity contribution in [3.8, 4) is 0 Å². The number of hydrogen-bond donors (Lipinski definition) is 4. The van der Waals surface area contributed by atoms with Gasteiger partial charge in [0.05, 0.1) is 13.2 Å². The molecule has 0 heterocycles. The molecular formula is C43H80NO10P. The van der Waals surface area contributed by atoms with E-state index in [1.807, 2.05) is 0 Å². The van der Waals surface area contributed by atoms with Gasteiger partial charge in [-0.1, -0.05) is 154 Å². The number of carbonyl (C=O) groups is 3. The van der Waals surface area contributed by atoms with Crippen LogP contribution in [0.25, 0.3) is 0 Å². The lowest BCUT2D eigenvalue weighted by molar-refractivity contribution is -0.147. The van der Waals surface area contributed by atoms with E-state index in [0.717, 1.165) is 64.2 Å². The van der Waals surface area contributed by atoms with Crippen molar-refractivity contribution in [1.29, 1.82) is 0 Å². The zero-order valence-corrected chi connectivity index (χ0v) is 35.6. The highest BCUT2D eigenvalue weighted by molar-refractivity contribution is 7.47. The van der Waals surface area contributed by atoms with Crippen LogP contribution in [0, 0.1) is 0 Å². The Hall–Kier alpha value is -2.04. The first kappa shape index (κ1) is 53.0. The number of rotatable bonds is 41. The maximum absolute atomic E-state index is 12.2. The van der Waals surface area contributed by atoms with Gasteiger partial charge in [0, 0.05) is 12.8 Å². The quantitative estimate of drug-likeness (QED) is 0.0202. The lowest BCUT2D eigenvalue weighted by Gasteiger charge is -2.18. The van der Waals surface area contributed by atoms with Gasteiger partial charge in [-0.3, -0.25) is 18.6 Å². The Morgan fingerprint density at radius 1 is 0.564 bits per heavy atom. The van der Waals surface area contributed by atoms with E-state index in [0.29, 0.717) is 12.8 Å². The molecule has 0 rings (SSSR count). The summed E-state index contributed by atoms with van der Waals surface area (Å²) in [5, 5.41) is 21.8. The first-order valence-electron chi connectivity index (χ1n) is 21.9. The number of amides is 1. The first-order chi connectivity index (χ1) is 26.6. The molecule has 4 N–H and O–H groups in total. The van der Waals surface area contributed by atoms with Gasteiger partial charge in [0.15, 0.2) is 6.04 Å². The van der Waals surface area contributed by atoms with E-state index in [9.17, 15) is 34.1 Å². The molecule has 0 bridgehead atoms. The second kappa shape index (κ2) is 38.8. The summed E-state index contributed by atoms with van der Waals surface area (Å²) in [4.78, 5) is 45.7. The third-order valence-electron chi connectivity index (χ3n) is 9.44. The lowest BCUT2D eigenvalue weighted by Crippen LogP contribution is -2.43. The van der Waals surface area contributed by atoms with Crippen LogP contribution < -0.4 is 5.32 Å². The average molecular weight is 802 g/mol. The van der Waals surface area contributed by atoms with E-state index in [1.165, 1.54) is 96.3 Å². The van der Waals surface area contributed by atoms with Gasteiger partial charge in [-0.25, -0.2) is 9.36 Å². The largest absolute Gasteiger partial charge is 0.480 e. The van der Waals surface area contributed by atoms with Crippen molar-refractivity contribution in [3.05, 3.63) is 24.3 Å². The number of phosphoric ester groups is 1. The van der Waals surface area contributed by atoms with Gasteiger partial charge in [0.1, 0.15) is 12.7 Å². The molecule has 11 nitrogen and oxygen atoms in total. The van der Waals surface area contributed by atoms with E-state index < -0.39 is 57.6 Å². The van der Waals surface area contributed by atoms with Crippen molar-refractivity contribution in [3.63, 3.8) is 0 Å². The van der Waals surface area contributed by atoms with Crippen LogP contribution in [0.15, 0.2) is 24.3 Å². The van der Waals surface area contributed by atoms with Crippen LogP contribution >= 0.6 is 7.82 Å². The van der Waals surface area contributed by atoms with Crippen molar-refractivity contribution in [2.75, 3.05) is 19.8 Å². The van der Waals surface area contributed by atoms with Gasteiger partial charge in [-0.2, -0.15) is 0 Å². The number of phosphoric acid groups is 1. The molecule has 0 aliphatic carbocycles. The molecule has 0 radical (unpaired) electrons. The fourth-order valence-corrected chi connectivity index (χ4v) is 6.79. The molecule has 0 aromatic carbocycles. The molecule has 0 saturated carbocycles. The van der Waals surface area contributed by atoms with Crippen molar-refractivity contribution >= 4 is 25.7 Å². The summed E-state index contributed by atoms with van der Waals surface area (Å²) >= 11 is 0. The highest BCUT2D eigenvalue weighted by atomic mass is 31.2. The summed E-state index contributed by atoms with van der Waals surface area (Å²) in [5.41, 5.74) is 0. The van der Waals surface area contributed by atoms with Gasteiger partial charge in [0.25, 0.3) is 0 Å². The Bertz CT molecular complexity index is 1040. The van der Waals surface area contributed by atoms with Gasteiger partial charge in [-0.05, 0) is 57.8 Å². The van der Waals surface area contributed by atoms with Crippen molar-refractivity contribution in [1.82, 2.24) is 5.32 Å². The zero-order chi connectivity index (χ0) is 40.7. The number of aliphatic hydroxyl groups excluding tert-OH is 1. The van der Waals surface area contributed by atoms with Crippen LogP contribution in [-0.4, -0.2) is 64.9 Å². The SMILES string of the molecule is CCC/C=C\CCCCCCCC(=O)NC(COP(=O)(O)OCC(O)COC(=O)CCCCCCCCCCCCC/C=C/CCCCCCCC)C(=O)O. The molecule has 0 saturated heterocycles. The average Bonchev–Trinajstić information content (AvgIpc) is 3.16. The fraction of sp³-hybridized carbons (Fsp3) is 0.837. The van der Waals surface area contributed by atoms with Crippen LogP contribution in [0.3, 0.4) is 0 Å². The third kappa shape index (κ3) is 38.6. The summed E-state index contributed by atoms with van der Waals surface area (Å²) < 4.78 is 26.8. The highest BCUT2D eigenvalue weighted by Crippen LogP contribution is 2.43. The number of nitrogens with one attached hydrogen (secondary N) is 1. The Labute approximate surface area is 334 Å². The van der Waals surface area contributed by atoms with Crippen LogP contribution in [-0.2, 0) is 32.7 Å². The van der Waals surface area contributed by atoms with E-state index in [2.05, 4.69) is 43.5 Å². The van der Waals surface area contributed by atoms with Gasteiger partial charge in [0.2, 0.25) is 5.91 Å². The van der Waals surface area contributed by atoms with E-state index in [-0.39, 0.29) is 12.8 Å². The summed E-state index contributed by atoms with van der Waals surface area (Å²) in [6.07, 6.45) is 39.4.